The molecule has 4 nitrogen and oxygen atoms in total. The summed E-state index contributed by atoms with van der Waals surface area (Å²) in [4.78, 5) is 5.43. The van der Waals surface area contributed by atoms with Crippen LogP contribution in [0.1, 0.15) is 184 Å². The molecule has 15 aromatic rings. The third-order valence-electron chi connectivity index (χ3n) is 23.8. The molecule has 5 heteroatoms. The van der Waals surface area contributed by atoms with Crippen LogP contribution in [-0.2, 0) is 37.9 Å². The van der Waals surface area contributed by atoms with Crippen molar-refractivity contribution in [2.45, 2.75) is 183 Å². The first-order valence-electron chi connectivity index (χ1n) is 40.1. The zero-order valence-corrected chi connectivity index (χ0v) is 69.0. The first-order valence-corrected chi connectivity index (χ1v) is 40.1. The normalized spacial score (nSPS) is 13.6. The molecule has 0 unspecified atom stereocenters. The third kappa shape index (κ3) is 12.9. The lowest BCUT2D eigenvalue weighted by molar-refractivity contribution is 0.568. The van der Waals surface area contributed by atoms with Gasteiger partial charge in [0, 0.05) is 66.5 Å². The molecule has 554 valence electrons. The van der Waals surface area contributed by atoms with Crippen LogP contribution in [0.3, 0.4) is 0 Å². The summed E-state index contributed by atoms with van der Waals surface area (Å²) in [6, 6.07) is 98.1. The van der Waals surface area contributed by atoms with E-state index in [9.17, 15) is 0 Å². The highest BCUT2D eigenvalue weighted by Crippen LogP contribution is 2.57. The van der Waals surface area contributed by atoms with Gasteiger partial charge in [0.15, 0.2) is 0 Å². The van der Waals surface area contributed by atoms with E-state index in [0.717, 1.165) is 145 Å². The topological polar surface area (TPSA) is 32.8 Å². The van der Waals surface area contributed by atoms with Crippen LogP contribution >= 0.6 is 0 Å². The lowest BCUT2D eigenvalue weighted by Gasteiger charge is -2.46. The summed E-state index contributed by atoms with van der Waals surface area (Å²) in [6.45, 7) is 48.9. The molecule has 0 bridgehead atoms. The lowest BCUT2D eigenvalue weighted by Crippen LogP contribution is -2.61. The Bertz CT molecular complexity index is 5660. The monoisotopic (exact) mass is 1450 g/mol. The van der Waals surface area contributed by atoms with Crippen molar-refractivity contribution in [3.05, 3.63) is 294 Å². The zero-order chi connectivity index (χ0) is 78.1. The van der Waals surface area contributed by atoms with Crippen molar-refractivity contribution < 1.29 is 8.83 Å². The molecule has 0 spiro atoms. The van der Waals surface area contributed by atoms with Gasteiger partial charge in [-0.25, -0.2) is 0 Å². The number of anilines is 6. The molecular weight excluding hydrogens is 1340 g/mol. The van der Waals surface area contributed by atoms with Crippen molar-refractivity contribution in [1.82, 2.24) is 0 Å². The number of hydrogen-bond donors (Lipinski definition) is 0. The maximum absolute atomic E-state index is 7.45. The molecular formula is C106H105BN2O2. The number of fused-ring (bicyclic) bond motifs is 10. The SMILES string of the molecule is CC(C)(C)c1cc(-c2ccc3oc4cc5c(cc4c3c2)N(c2c(-c3ccccc3)cc(C(C)(C)C)cc2-c2ccccc2)c2cc(C(C)(C)C)cc3c2B5c2cc4oc5ccc(-c6cc(C(C)(C)C)cc(C(C)(C)C)c6)cc5c4cc2N3c2c(-c3ccccc3)cc(C(C)(C)C)cc2-c2ccccc2)cc(C(C)(C)C)c1. The van der Waals surface area contributed by atoms with E-state index in [1.54, 1.807) is 0 Å². The van der Waals surface area contributed by atoms with Gasteiger partial charge < -0.3 is 18.6 Å². The van der Waals surface area contributed by atoms with Crippen LogP contribution in [0.5, 0.6) is 0 Å². The fourth-order valence-corrected chi connectivity index (χ4v) is 17.1. The van der Waals surface area contributed by atoms with E-state index in [2.05, 4.69) is 410 Å². The molecule has 0 aliphatic carbocycles. The van der Waals surface area contributed by atoms with E-state index in [4.69, 9.17) is 8.83 Å². The second-order valence-electron chi connectivity index (χ2n) is 39.1. The van der Waals surface area contributed by atoms with Crippen molar-refractivity contribution in [2.24, 2.45) is 0 Å². The van der Waals surface area contributed by atoms with Crippen molar-refractivity contribution >= 4 is 101 Å². The predicted molar refractivity (Wildman–Crippen MR) is 479 cm³/mol. The minimum absolute atomic E-state index is 0.0636. The molecule has 0 fully saturated rings. The molecule has 0 saturated carbocycles. The van der Waals surface area contributed by atoms with E-state index >= 15 is 0 Å². The third-order valence-corrected chi connectivity index (χ3v) is 23.8. The molecule has 0 saturated heterocycles. The van der Waals surface area contributed by atoms with Gasteiger partial charge in [0.2, 0.25) is 0 Å². The first-order chi connectivity index (χ1) is 52.4. The lowest BCUT2D eigenvalue weighted by atomic mass is 9.33. The summed E-state index contributed by atoms with van der Waals surface area (Å²) in [5.74, 6) is 0. The van der Waals surface area contributed by atoms with Gasteiger partial charge in [0.1, 0.15) is 22.3 Å². The van der Waals surface area contributed by atoms with Crippen LogP contribution in [0.4, 0.5) is 34.1 Å². The number of rotatable bonds is 8. The van der Waals surface area contributed by atoms with Crippen LogP contribution in [0.15, 0.2) is 264 Å². The number of benzene rings is 13. The second-order valence-corrected chi connectivity index (χ2v) is 39.1. The molecule has 111 heavy (non-hydrogen) atoms. The summed E-state index contributed by atoms with van der Waals surface area (Å²) < 4.78 is 14.9. The quantitative estimate of drug-likeness (QED) is 0.142. The van der Waals surface area contributed by atoms with Gasteiger partial charge in [0.05, 0.1) is 11.4 Å². The van der Waals surface area contributed by atoms with Gasteiger partial charge in [0.25, 0.3) is 6.71 Å². The molecule has 0 amide bonds. The summed E-state index contributed by atoms with van der Waals surface area (Å²) in [7, 11) is 0. The highest BCUT2D eigenvalue weighted by Gasteiger charge is 2.47. The fraction of sp³-hybridized carbons (Fsp3) is 0.264. The minimum atomic E-state index is -0.351. The smallest absolute Gasteiger partial charge is 0.252 e. The van der Waals surface area contributed by atoms with Gasteiger partial charge in [-0.3, -0.25) is 0 Å². The predicted octanol–water partition coefficient (Wildman–Crippen LogP) is 28.7. The van der Waals surface area contributed by atoms with Crippen LogP contribution < -0.4 is 26.2 Å². The number of furan rings is 2. The van der Waals surface area contributed by atoms with Crippen molar-refractivity contribution in [3.8, 4) is 66.8 Å². The number of nitrogens with zero attached hydrogens (tertiary/aromatic N) is 2. The Morgan fingerprint density at radius 3 is 0.757 bits per heavy atom. The Balaban J connectivity index is 1.05. The minimum Gasteiger partial charge on any atom is -0.456 e. The molecule has 0 radical (unpaired) electrons. The summed E-state index contributed by atoms with van der Waals surface area (Å²) >= 11 is 0. The second kappa shape index (κ2) is 25.9. The summed E-state index contributed by atoms with van der Waals surface area (Å²) in [5, 5.41) is 4.27. The number of hydrogen-bond acceptors (Lipinski definition) is 4. The van der Waals surface area contributed by atoms with Crippen LogP contribution in [0.2, 0.25) is 0 Å². The maximum Gasteiger partial charge on any atom is 0.252 e. The Morgan fingerprint density at radius 1 is 0.216 bits per heavy atom. The van der Waals surface area contributed by atoms with E-state index in [1.807, 2.05) is 0 Å². The maximum atomic E-state index is 7.45. The zero-order valence-electron chi connectivity index (χ0n) is 69.0. The average Bonchev–Trinajstić information content (AvgIpc) is 1.59. The molecule has 13 aromatic carbocycles. The van der Waals surface area contributed by atoms with E-state index < -0.39 is 0 Å². The van der Waals surface area contributed by atoms with Gasteiger partial charge in [-0.05, 0) is 223 Å². The highest BCUT2D eigenvalue weighted by molar-refractivity contribution is 7.00. The van der Waals surface area contributed by atoms with Crippen molar-refractivity contribution in [3.63, 3.8) is 0 Å². The molecule has 0 N–H and O–H groups in total. The Labute approximate surface area is 659 Å². The van der Waals surface area contributed by atoms with Gasteiger partial charge >= 0.3 is 0 Å². The largest absolute Gasteiger partial charge is 0.456 e. The molecule has 17 rings (SSSR count). The molecule has 0 atom stereocenters. The first kappa shape index (κ1) is 73.0. The van der Waals surface area contributed by atoms with E-state index in [1.165, 1.54) is 55.5 Å². The van der Waals surface area contributed by atoms with Crippen LogP contribution in [-0.4, -0.2) is 6.71 Å². The molecule has 2 aliphatic rings. The fourth-order valence-electron chi connectivity index (χ4n) is 17.1. The van der Waals surface area contributed by atoms with E-state index in [-0.39, 0.29) is 44.6 Å². The standard InChI is InChI=1S/C106H105BN2O2/c1-100(2,3)72-46-70(47-73(52-72)101(4,5)6)68-42-44-93-83(50-68)85-60-89-87(62-95(85)110-93)107-88-63-96-86(84-51-69(43-45-94(84)111-96)71-48-74(102(7,8)9)53-75(49-71)103(10,11)12)61-90(88)109(99-81(66-38-30-24-31-39-66)56-77(105(16,17)18)57-82(99)67-40-32-25-33-41-67)92-59-78(106(19,20)21)58-91(97(92)107)108(89)98-79(64-34-26-22-27-35-64)54-76(104(13,14)15)55-80(98)65-36-28-23-29-37-65/h22-63H,1-21H3. The average molecular weight is 1450 g/mol. The molecule has 4 heterocycles. The summed E-state index contributed by atoms with van der Waals surface area (Å²) in [6.07, 6.45) is 0. The van der Waals surface area contributed by atoms with Crippen LogP contribution in [0.25, 0.3) is 111 Å². The Kier molecular flexibility index (Phi) is 17.0. The highest BCUT2D eigenvalue weighted by atomic mass is 16.3. The molecule has 2 aromatic heterocycles. The van der Waals surface area contributed by atoms with Crippen LogP contribution in [0, 0.1) is 0 Å². The van der Waals surface area contributed by atoms with Crippen molar-refractivity contribution in [2.75, 3.05) is 9.80 Å². The van der Waals surface area contributed by atoms with Crippen molar-refractivity contribution in [1.29, 1.82) is 0 Å². The van der Waals surface area contributed by atoms with E-state index in [0.29, 0.717) is 0 Å². The van der Waals surface area contributed by atoms with Gasteiger partial charge in [-0.15, -0.1) is 0 Å². The Hall–Kier alpha value is -10.9. The molecule has 2 aliphatic heterocycles. The Morgan fingerprint density at radius 2 is 0.477 bits per heavy atom. The van der Waals surface area contributed by atoms with Gasteiger partial charge in [-0.1, -0.05) is 315 Å². The summed E-state index contributed by atoms with van der Waals surface area (Å²) in [5.41, 5.74) is 35.5. The van der Waals surface area contributed by atoms with Gasteiger partial charge in [-0.2, -0.15) is 0 Å².